The maximum Gasteiger partial charge on any atom is 0.253 e. The van der Waals surface area contributed by atoms with Crippen LogP contribution in [0.2, 0.25) is 5.02 Å². The van der Waals surface area contributed by atoms with Crippen LogP contribution in [0, 0.1) is 0 Å². The van der Waals surface area contributed by atoms with Gasteiger partial charge in [-0.15, -0.1) is 11.3 Å². The first kappa shape index (κ1) is 15.5. The van der Waals surface area contributed by atoms with Gasteiger partial charge in [-0.1, -0.05) is 18.5 Å². The Balaban J connectivity index is 2.12. The van der Waals surface area contributed by atoms with E-state index in [0.29, 0.717) is 10.6 Å². The predicted octanol–water partition coefficient (Wildman–Crippen LogP) is 4.61. The zero-order chi connectivity index (χ0) is 14.7. The molecule has 1 heterocycles. The van der Waals surface area contributed by atoms with Gasteiger partial charge < -0.3 is 5.32 Å². The van der Waals surface area contributed by atoms with E-state index in [9.17, 15) is 4.79 Å². The van der Waals surface area contributed by atoms with Crippen LogP contribution in [-0.2, 0) is 6.42 Å². The van der Waals surface area contributed by atoms with Crippen molar-refractivity contribution < 1.29 is 4.79 Å². The van der Waals surface area contributed by atoms with E-state index in [0.717, 1.165) is 15.9 Å². The van der Waals surface area contributed by atoms with Crippen molar-refractivity contribution in [1.29, 1.82) is 0 Å². The molecule has 1 unspecified atom stereocenters. The van der Waals surface area contributed by atoms with Gasteiger partial charge >= 0.3 is 0 Å². The van der Waals surface area contributed by atoms with Crippen LogP contribution in [0.1, 0.15) is 40.1 Å². The number of carbonyl (C=O) groups is 1. The molecule has 1 atom stereocenters. The first-order valence-electron chi connectivity index (χ1n) is 6.21. The van der Waals surface area contributed by atoms with Gasteiger partial charge in [0.25, 0.3) is 5.91 Å². The standard InChI is InChI=1S/C14H14BrClN2OS/c1-3-10-7-17-14(20-10)8(2)18-13(19)11-6-9(16)4-5-12(11)15/h4-8H,3H2,1-2H3,(H,18,19). The Morgan fingerprint density at radius 1 is 1.55 bits per heavy atom. The van der Waals surface area contributed by atoms with Crippen molar-refractivity contribution in [2.45, 2.75) is 26.3 Å². The molecule has 0 bridgehead atoms. The zero-order valence-electron chi connectivity index (χ0n) is 11.1. The van der Waals surface area contributed by atoms with Crippen molar-refractivity contribution in [1.82, 2.24) is 10.3 Å². The van der Waals surface area contributed by atoms with Crippen molar-refractivity contribution in [2.75, 3.05) is 0 Å². The summed E-state index contributed by atoms with van der Waals surface area (Å²) in [6.45, 7) is 4.01. The number of hydrogen-bond donors (Lipinski definition) is 1. The Labute approximate surface area is 135 Å². The molecule has 6 heteroatoms. The summed E-state index contributed by atoms with van der Waals surface area (Å²) in [4.78, 5) is 17.8. The summed E-state index contributed by atoms with van der Waals surface area (Å²) in [7, 11) is 0. The fourth-order valence-electron chi connectivity index (χ4n) is 1.69. The van der Waals surface area contributed by atoms with Crippen LogP contribution in [0.4, 0.5) is 0 Å². The highest BCUT2D eigenvalue weighted by atomic mass is 79.9. The molecule has 0 aliphatic heterocycles. The number of nitrogens with one attached hydrogen (secondary N) is 1. The van der Waals surface area contributed by atoms with Crippen molar-refractivity contribution in [3.63, 3.8) is 0 Å². The Kier molecular flexibility index (Phi) is 5.18. The van der Waals surface area contributed by atoms with Gasteiger partial charge in [-0.25, -0.2) is 4.98 Å². The van der Waals surface area contributed by atoms with Gasteiger partial charge in [0.05, 0.1) is 11.6 Å². The zero-order valence-corrected chi connectivity index (χ0v) is 14.3. The molecular weight excluding hydrogens is 360 g/mol. The van der Waals surface area contributed by atoms with E-state index in [2.05, 4.69) is 33.2 Å². The molecule has 1 amide bonds. The molecule has 1 aromatic heterocycles. The summed E-state index contributed by atoms with van der Waals surface area (Å²) in [5, 5.41) is 4.38. The van der Waals surface area contributed by atoms with Crippen molar-refractivity contribution in [3.05, 3.63) is 49.3 Å². The molecule has 0 radical (unpaired) electrons. The molecule has 0 aliphatic rings. The van der Waals surface area contributed by atoms with Crippen molar-refractivity contribution in [3.8, 4) is 0 Å². The van der Waals surface area contributed by atoms with E-state index in [4.69, 9.17) is 11.6 Å². The molecule has 1 N–H and O–H groups in total. The largest absolute Gasteiger partial charge is 0.343 e. The van der Waals surface area contributed by atoms with Crippen molar-refractivity contribution in [2.24, 2.45) is 0 Å². The SMILES string of the molecule is CCc1cnc(C(C)NC(=O)c2cc(Cl)ccc2Br)s1. The van der Waals surface area contributed by atoms with Crippen LogP contribution < -0.4 is 5.32 Å². The minimum Gasteiger partial charge on any atom is -0.343 e. The summed E-state index contributed by atoms with van der Waals surface area (Å²) < 4.78 is 0.722. The number of hydrogen-bond acceptors (Lipinski definition) is 3. The number of thiazole rings is 1. The second-order valence-electron chi connectivity index (χ2n) is 4.34. The molecule has 2 rings (SSSR count). The third-order valence-corrected chi connectivity index (χ3v) is 5.06. The number of rotatable bonds is 4. The molecule has 0 spiro atoms. The Bertz CT molecular complexity index is 629. The van der Waals surface area contributed by atoms with Gasteiger partial charge in [0.1, 0.15) is 5.01 Å². The van der Waals surface area contributed by atoms with E-state index in [1.807, 2.05) is 13.1 Å². The van der Waals surface area contributed by atoms with Crippen LogP contribution >= 0.6 is 38.9 Å². The van der Waals surface area contributed by atoms with Gasteiger partial charge in [0, 0.05) is 20.6 Å². The average molecular weight is 374 g/mol. The molecule has 3 nitrogen and oxygen atoms in total. The molecule has 106 valence electrons. The fraction of sp³-hybridized carbons (Fsp3) is 0.286. The van der Waals surface area contributed by atoms with E-state index in [1.165, 1.54) is 4.88 Å². The van der Waals surface area contributed by atoms with E-state index < -0.39 is 0 Å². The molecule has 1 aromatic carbocycles. The third-order valence-electron chi connectivity index (χ3n) is 2.81. The third kappa shape index (κ3) is 3.59. The molecule has 0 saturated heterocycles. The van der Waals surface area contributed by atoms with Gasteiger partial charge in [-0.05, 0) is 47.5 Å². The number of benzene rings is 1. The lowest BCUT2D eigenvalue weighted by atomic mass is 10.2. The van der Waals surface area contributed by atoms with Crippen LogP contribution in [-0.4, -0.2) is 10.9 Å². The van der Waals surface area contributed by atoms with Crippen LogP contribution in [0.25, 0.3) is 0 Å². The Hall–Kier alpha value is -0.910. The van der Waals surface area contributed by atoms with Gasteiger partial charge in [0.15, 0.2) is 0 Å². The summed E-state index contributed by atoms with van der Waals surface area (Å²) in [5.41, 5.74) is 0.525. The monoisotopic (exact) mass is 372 g/mol. The van der Waals surface area contributed by atoms with E-state index >= 15 is 0 Å². The molecule has 20 heavy (non-hydrogen) atoms. The van der Waals surface area contributed by atoms with Crippen LogP contribution in [0.15, 0.2) is 28.9 Å². The average Bonchev–Trinajstić information content (AvgIpc) is 2.90. The summed E-state index contributed by atoms with van der Waals surface area (Å²) in [6.07, 6.45) is 2.82. The van der Waals surface area contributed by atoms with Crippen LogP contribution in [0.5, 0.6) is 0 Å². The van der Waals surface area contributed by atoms with Gasteiger partial charge in [-0.2, -0.15) is 0 Å². The summed E-state index contributed by atoms with van der Waals surface area (Å²) in [6, 6.07) is 5.02. The lowest BCUT2D eigenvalue weighted by Gasteiger charge is -2.12. The van der Waals surface area contributed by atoms with Crippen LogP contribution in [0.3, 0.4) is 0 Å². The number of nitrogens with zero attached hydrogens (tertiary/aromatic N) is 1. The lowest BCUT2D eigenvalue weighted by molar-refractivity contribution is 0.0939. The fourth-order valence-corrected chi connectivity index (χ4v) is 3.15. The summed E-state index contributed by atoms with van der Waals surface area (Å²) >= 11 is 10.9. The van der Waals surface area contributed by atoms with Gasteiger partial charge in [-0.3, -0.25) is 4.79 Å². The first-order valence-corrected chi connectivity index (χ1v) is 8.20. The quantitative estimate of drug-likeness (QED) is 0.850. The smallest absolute Gasteiger partial charge is 0.253 e. The second-order valence-corrected chi connectivity index (χ2v) is 6.78. The minimum absolute atomic E-state index is 0.126. The topological polar surface area (TPSA) is 42.0 Å². The van der Waals surface area contributed by atoms with E-state index in [1.54, 1.807) is 29.5 Å². The first-order chi connectivity index (χ1) is 9.51. The summed E-state index contributed by atoms with van der Waals surface area (Å²) in [5.74, 6) is -0.167. The molecule has 2 aromatic rings. The highest BCUT2D eigenvalue weighted by molar-refractivity contribution is 9.10. The number of amides is 1. The molecule has 0 fully saturated rings. The maximum atomic E-state index is 12.3. The normalized spacial score (nSPS) is 12.2. The lowest BCUT2D eigenvalue weighted by Crippen LogP contribution is -2.26. The van der Waals surface area contributed by atoms with Gasteiger partial charge in [0.2, 0.25) is 0 Å². The highest BCUT2D eigenvalue weighted by Gasteiger charge is 2.16. The molecular formula is C14H14BrClN2OS. The number of halogens is 2. The molecule has 0 saturated carbocycles. The second kappa shape index (κ2) is 6.70. The highest BCUT2D eigenvalue weighted by Crippen LogP contribution is 2.24. The number of carbonyl (C=O) groups excluding carboxylic acids is 1. The van der Waals surface area contributed by atoms with E-state index in [-0.39, 0.29) is 11.9 Å². The minimum atomic E-state index is -0.167. The number of aryl methyl sites for hydroxylation is 1. The van der Waals surface area contributed by atoms with Crippen molar-refractivity contribution >= 4 is 44.8 Å². The Morgan fingerprint density at radius 2 is 2.30 bits per heavy atom. The Morgan fingerprint density at radius 3 is 2.95 bits per heavy atom. The maximum absolute atomic E-state index is 12.3. The predicted molar refractivity (Wildman–Crippen MR) is 86.5 cm³/mol. The number of aromatic nitrogens is 1. The molecule has 0 aliphatic carbocycles.